The van der Waals surface area contributed by atoms with E-state index < -0.39 is 5.72 Å². The van der Waals surface area contributed by atoms with Crippen LogP contribution in [0.4, 0.5) is 5.69 Å². The Morgan fingerprint density at radius 2 is 1.48 bits per heavy atom. The summed E-state index contributed by atoms with van der Waals surface area (Å²) in [5, 5.41) is 9.52. The number of phenolic OH excluding ortho intramolecular Hbond substituents is 1. The number of benzene rings is 2. The first-order valence-corrected chi connectivity index (χ1v) is 9.27. The van der Waals surface area contributed by atoms with Crippen LogP contribution in [0.1, 0.15) is 50.7 Å². The van der Waals surface area contributed by atoms with Crippen molar-refractivity contribution in [2.24, 2.45) is 0 Å². The Morgan fingerprint density at radius 3 is 2.04 bits per heavy atom. The van der Waals surface area contributed by atoms with Crippen molar-refractivity contribution in [3.05, 3.63) is 59.7 Å². The highest BCUT2D eigenvalue weighted by atomic mass is 16.6. The second-order valence-electron chi connectivity index (χ2n) is 7.87. The molecule has 140 valence electrons. The van der Waals surface area contributed by atoms with Crippen LogP contribution < -0.4 is 4.90 Å². The fourth-order valence-electron chi connectivity index (χ4n) is 4.15. The molecular weight excluding hydrogens is 342 g/mol. The molecule has 4 rings (SSSR count). The summed E-state index contributed by atoms with van der Waals surface area (Å²) < 4.78 is 5.57. The Morgan fingerprint density at radius 1 is 0.926 bits per heavy atom. The summed E-state index contributed by atoms with van der Waals surface area (Å²) in [5.41, 5.74) is 1.89. The number of aromatic hydroxyl groups is 1. The van der Waals surface area contributed by atoms with Gasteiger partial charge in [-0.15, -0.1) is 0 Å². The van der Waals surface area contributed by atoms with Gasteiger partial charge in [0, 0.05) is 30.4 Å². The van der Waals surface area contributed by atoms with Gasteiger partial charge in [-0.1, -0.05) is 38.1 Å². The molecule has 2 aromatic carbocycles. The first kappa shape index (κ1) is 17.6. The third kappa shape index (κ3) is 2.87. The van der Waals surface area contributed by atoms with Crippen molar-refractivity contribution in [2.75, 3.05) is 4.90 Å². The van der Waals surface area contributed by atoms with E-state index in [-0.39, 0.29) is 23.0 Å². The quantitative estimate of drug-likeness (QED) is 0.839. The van der Waals surface area contributed by atoms with Crippen LogP contribution in [-0.2, 0) is 19.7 Å². The lowest BCUT2D eigenvalue weighted by Crippen LogP contribution is -2.45. The van der Waals surface area contributed by atoms with E-state index in [1.54, 1.807) is 17.0 Å². The van der Waals surface area contributed by atoms with Gasteiger partial charge >= 0.3 is 5.97 Å². The topological polar surface area (TPSA) is 66.8 Å². The van der Waals surface area contributed by atoms with E-state index in [9.17, 15) is 14.7 Å². The van der Waals surface area contributed by atoms with Gasteiger partial charge in [-0.05, 0) is 35.4 Å². The summed E-state index contributed by atoms with van der Waals surface area (Å²) >= 11 is 0. The second kappa shape index (κ2) is 6.12. The van der Waals surface area contributed by atoms with Gasteiger partial charge in [0.15, 0.2) is 5.72 Å². The Hall–Kier alpha value is -2.82. The first-order chi connectivity index (χ1) is 12.8. The maximum atomic E-state index is 12.5. The monoisotopic (exact) mass is 365 g/mol. The predicted molar refractivity (Wildman–Crippen MR) is 101 cm³/mol. The normalized spacial score (nSPS) is 22.5. The molecule has 2 saturated heterocycles. The molecule has 2 aliphatic heterocycles. The summed E-state index contributed by atoms with van der Waals surface area (Å²) in [7, 11) is 0. The number of carbonyl (C=O) groups excluding carboxylic acids is 2. The van der Waals surface area contributed by atoms with Crippen LogP contribution in [0, 0.1) is 0 Å². The number of hydrogen-bond donors (Lipinski definition) is 1. The number of esters is 1. The van der Waals surface area contributed by atoms with Gasteiger partial charge in [-0.25, -0.2) is 0 Å². The molecule has 2 aromatic rings. The number of amides is 1. The summed E-state index contributed by atoms with van der Waals surface area (Å²) in [5.74, 6) is 0.00359. The van der Waals surface area contributed by atoms with Crippen molar-refractivity contribution in [3.63, 3.8) is 0 Å². The summed E-state index contributed by atoms with van der Waals surface area (Å²) in [6, 6.07) is 15.1. The van der Waals surface area contributed by atoms with Crippen LogP contribution in [0.2, 0.25) is 0 Å². The van der Waals surface area contributed by atoms with E-state index in [4.69, 9.17) is 4.74 Å². The van der Waals surface area contributed by atoms with Crippen LogP contribution in [0.25, 0.3) is 0 Å². The molecule has 0 bridgehead atoms. The lowest BCUT2D eigenvalue weighted by atomic mass is 9.78. The minimum atomic E-state index is -0.803. The van der Waals surface area contributed by atoms with Crippen LogP contribution in [0.3, 0.4) is 0 Å². The average Bonchev–Trinajstić information content (AvgIpc) is 3.18. The zero-order chi connectivity index (χ0) is 19.2. The molecule has 0 saturated carbocycles. The Labute approximate surface area is 158 Å². The van der Waals surface area contributed by atoms with E-state index in [1.807, 2.05) is 36.4 Å². The molecule has 1 atom stereocenters. The van der Waals surface area contributed by atoms with Crippen molar-refractivity contribution >= 4 is 17.6 Å². The first-order valence-electron chi connectivity index (χ1n) is 9.27. The number of ether oxygens (including phenoxy) is 1. The maximum absolute atomic E-state index is 12.5. The van der Waals surface area contributed by atoms with E-state index in [1.165, 1.54) is 0 Å². The molecular formula is C22H23NO4. The largest absolute Gasteiger partial charge is 0.508 e. The summed E-state index contributed by atoms with van der Waals surface area (Å²) in [6.45, 7) is 4.24. The van der Waals surface area contributed by atoms with Gasteiger partial charge in [-0.2, -0.15) is 0 Å². The molecule has 2 aliphatic rings. The molecule has 0 radical (unpaired) electrons. The third-order valence-electron chi connectivity index (χ3n) is 5.85. The van der Waals surface area contributed by atoms with Gasteiger partial charge in [0.25, 0.3) is 0 Å². The van der Waals surface area contributed by atoms with E-state index >= 15 is 0 Å². The van der Waals surface area contributed by atoms with Crippen LogP contribution >= 0.6 is 0 Å². The fourth-order valence-corrected chi connectivity index (χ4v) is 4.15. The highest BCUT2D eigenvalue weighted by Crippen LogP contribution is 2.43. The molecule has 1 N–H and O–H groups in total. The van der Waals surface area contributed by atoms with Crippen molar-refractivity contribution in [1.82, 2.24) is 0 Å². The number of carbonyl (C=O) groups is 2. The van der Waals surface area contributed by atoms with Crippen molar-refractivity contribution in [3.8, 4) is 5.75 Å². The highest BCUT2D eigenvalue weighted by Gasteiger charge is 2.52. The molecule has 1 amide bonds. The van der Waals surface area contributed by atoms with E-state index in [0.29, 0.717) is 25.7 Å². The smallest absolute Gasteiger partial charge is 0.308 e. The van der Waals surface area contributed by atoms with Crippen molar-refractivity contribution < 1.29 is 19.4 Å². The zero-order valence-corrected chi connectivity index (χ0v) is 15.6. The van der Waals surface area contributed by atoms with Crippen molar-refractivity contribution in [2.45, 2.75) is 50.7 Å². The molecule has 1 unspecified atom stereocenters. The van der Waals surface area contributed by atoms with Crippen LogP contribution in [0.5, 0.6) is 5.75 Å². The fraction of sp³-hybridized carbons (Fsp3) is 0.364. The molecule has 0 aromatic heterocycles. The lowest BCUT2D eigenvalue weighted by Gasteiger charge is -2.34. The van der Waals surface area contributed by atoms with Gasteiger partial charge < -0.3 is 9.84 Å². The number of nitrogens with zero attached hydrogens (tertiary/aromatic N) is 1. The molecule has 2 fully saturated rings. The number of anilines is 1. The Bertz CT molecular complexity index is 882. The second-order valence-corrected chi connectivity index (χ2v) is 7.87. The molecule has 27 heavy (non-hydrogen) atoms. The lowest BCUT2D eigenvalue weighted by molar-refractivity contribution is -0.147. The van der Waals surface area contributed by atoms with Gasteiger partial charge in [0.05, 0.1) is 6.42 Å². The van der Waals surface area contributed by atoms with Gasteiger partial charge in [0.2, 0.25) is 5.91 Å². The minimum absolute atomic E-state index is 0.00440. The molecule has 1 spiro atoms. The molecule has 2 heterocycles. The number of rotatable bonds is 3. The number of phenols is 1. The third-order valence-corrected chi connectivity index (χ3v) is 5.85. The average molecular weight is 365 g/mol. The predicted octanol–water partition coefficient (Wildman–Crippen LogP) is 3.88. The minimum Gasteiger partial charge on any atom is -0.508 e. The number of hydrogen-bond acceptors (Lipinski definition) is 4. The Kier molecular flexibility index (Phi) is 3.98. The SMILES string of the molecule is CC(C)(c1ccc(O)cc1)c1ccc(N2C(=O)CCC23CCC(=O)O3)cc1. The maximum Gasteiger partial charge on any atom is 0.308 e. The molecule has 5 nitrogen and oxygen atoms in total. The van der Waals surface area contributed by atoms with E-state index in [2.05, 4.69) is 13.8 Å². The summed E-state index contributed by atoms with van der Waals surface area (Å²) in [6.07, 6.45) is 1.86. The van der Waals surface area contributed by atoms with E-state index in [0.717, 1.165) is 16.8 Å². The van der Waals surface area contributed by atoms with Gasteiger partial charge in [0.1, 0.15) is 5.75 Å². The van der Waals surface area contributed by atoms with Gasteiger partial charge in [-0.3, -0.25) is 14.5 Å². The summed E-state index contributed by atoms with van der Waals surface area (Å²) in [4.78, 5) is 25.8. The molecule has 5 heteroatoms. The van der Waals surface area contributed by atoms with Crippen molar-refractivity contribution in [1.29, 1.82) is 0 Å². The van der Waals surface area contributed by atoms with Crippen LogP contribution in [-0.4, -0.2) is 22.7 Å². The highest BCUT2D eigenvalue weighted by molar-refractivity contribution is 5.98. The van der Waals surface area contributed by atoms with Crippen LogP contribution in [0.15, 0.2) is 48.5 Å². The Balaban J connectivity index is 1.65. The zero-order valence-electron chi connectivity index (χ0n) is 15.6. The standard InChI is InChI=1S/C22H23NO4/c1-21(2,16-5-9-18(24)10-6-16)15-3-7-17(8-4-15)23-19(25)11-13-22(23)14-12-20(26)27-22/h3-10,24H,11-14H2,1-2H3. The molecule has 0 aliphatic carbocycles.